The van der Waals surface area contributed by atoms with E-state index in [0.717, 1.165) is 12.1 Å². The summed E-state index contributed by atoms with van der Waals surface area (Å²) < 4.78 is 26.4. The molecular formula is C10H12F2N2. The average Bonchev–Trinajstić information content (AvgIpc) is 2.10. The van der Waals surface area contributed by atoms with E-state index in [9.17, 15) is 8.78 Å². The van der Waals surface area contributed by atoms with Crippen LogP contribution in [0.25, 0.3) is 0 Å². The van der Waals surface area contributed by atoms with Crippen LogP contribution in [0.5, 0.6) is 0 Å². The minimum absolute atomic E-state index is 0.0665. The molecule has 0 fully saturated rings. The maximum absolute atomic E-state index is 13.2. The Morgan fingerprint density at radius 3 is 2.36 bits per heavy atom. The third-order valence-electron chi connectivity index (χ3n) is 1.79. The van der Waals surface area contributed by atoms with E-state index in [0.29, 0.717) is 0 Å². The fourth-order valence-electron chi connectivity index (χ4n) is 1.02. The van der Waals surface area contributed by atoms with Crippen LogP contribution in [0.15, 0.2) is 24.8 Å². The quantitative estimate of drug-likeness (QED) is 0.578. The smallest absolute Gasteiger partial charge is 0.151 e. The summed E-state index contributed by atoms with van der Waals surface area (Å²) in [5, 5.41) is 2.63. The number of anilines is 2. The van der Waals surface area contributed by atoms with Gasteiger partial charge in [0.05, 0.1) is 0 Å². The number of benzene rings is 1. The highest BCUT2D eigenvalue weighted by Gasteiger charge is 2.10. The van der Waals surface area contributed by atoms with E-state index in [1.54, 1.807) is 13.0 Å². The highest BCUT2D eigenvalue weighted by molar-refractivity contribution is 5.54. The van der Waals surface area contributed by atoms with Gasteiger partial charge in [-0.25, -0.2) is 8.78 Å². The van der Waals surface area contributed by atoms with E-state index in [2.05, 4.69) is 11.9 Å². The maximum atomic E-state index is 13.2. The summed E-state index contributed by atoms with van der Waals surface area (Å²) in [5.41, 5.74) is 5.16. The zero-order valence-electron chi connectivity index (χ0n) is 7.85. The van der Waals surface area contributed by atoms with Gasteiger partial charge in [0.15, 0.2) is 11.6 Å². The van der Waals surface area contributed by atoms with Gasteiger partial charge in [0, 0.05) is 11.7 Å². The molecule has 1 rings (SSSR count). The standard InChI is InChI=1S/C10H12F2N2/c1-3-6(2)14-10-8(11)4-7(13)5-9(10)12/h3-6,14H,1,13H2,2H3. The van der Waals surface area contributed by atoms with Crippen molar-refractivity contribution in [3.8, 4) is 0 Å². The third-order valence-corrected chi connectivity index (χ3v) is 1.79. The lowest BCUT2D eigenvalue weighted by Crippen LogP contribution is -2.14. The van der Waals surface area contributed by atoms with E-state index in [1.165, 1.54) is 0 Å². The Hall–Kier alpha value is -1.58. The number of hydrogen-bond donors (Lipinski definition) is 2. The van der Waals surface area contributed by atoms with E-state index < -0.39 is 11.6 Å². The van der Waals surface area contributed by atoms with E-state index in [1.807, 2.05) is 0 Å². The predicted molar refractivity (Wildman–Crippen MR) is 54.1 cm³/mol. The first-order valence-corrected chi connectivity index (χ1v) is 4.18. The lowest BCUT2D eigenvalue weighted by molar-refractivity contribution is 0.588. The first-order valence-electron chi connectivity index (χ1n) is 4.18. The number of halogens is 2. The van der Waals surface area contributed by atoms with Crippen molar-refractivity contribution in [3.63, 3.8) is 0 Å². The van der Waals surface area contributed by atoms with Crippen LogP contribution in [0.1, 0.15) is 6.92 Å². The highest BCUT2D eigenvalue weighted by Crippen LogP contribution is 2.22. The summed E-state index contributed by atoms with van der Waals surface area (Å²) >= 11 is 0. The topological polar surface area (TPSA) is 38.0 Å². The van der Waals surface area contributed by atoms with Crippen molar-refractivity contribution in [2.24, 2.45) is 0 Å². The summed E-state index contributed by atoms with van der Waals surface area (Å²) in [7, 11) is 0. The van der Waals surface area contributed by atoms with Gasteiger partial charge in [-0.2, -0.15) is 0 Å². The Balaban J connectivity index is 3.02. The first-order chi connectivity index (χ1) is 6.54. The Kier molecular flexibility index (Phi) is 3.06. The zero-order chi connectivity index (χ0) is 10.7. The molecule has 0 radical (unpaired) electrons. The van der Waals surface area contributed by atoms with E-state index >= 15 is 0 Å². The van der Waals surface area contributed by atoms with E-state index in [-0.39, 0.29) is 17.4 Å². The van der Waals surface area contributed by atoms with Gasteiger partial charge in [-0.1, -0.05) is 6.08 Å². The minimum atomic E-state index is -0.698. The fraction of sp³-hybridized carbons (Fsp3) is 0.200. The third kappa shape index (κ3) is 2.22. The summed E-state index contributed by atoms with van der Waals surface area (Å²) in [6.07, 6.45) is 1.55. The van der Waals surface area contributed by atoms with Gasteiger partial charge < -0.3 is 11.1 Å². The summed E-state index contributed by atoms with van der Waals surface area (Å²) in [4.78, 5) is 0. The zero-order valence-corrected chi connectivity index (χ0v) is 7.85. The number of nitrogens with two attached hydrogens (primary N) is 1. The molecule has 0 bridgehead atoms. The molecular weight excluding hydrogens is 186 g/mol. The molecule has 1 atom stereocenters. The van der Waals surface area contributed by atoms with Gasteiger partial charge in [0.2, 0.25) is 0 Å². The van der Waals surface area contributed by atoms with Crippen LogP contribution in [-0.4, -0.2) is 6.04 Å². The molecule has 0 aliphatic heterocycles. The Labute approximate surface area is 81.4 Å². The van der Waals surface area contributed by atoms with Gasteiger partial charge in [0.25, 0.3) is 0 Å². The van der Waals surface area contributed by atoms with E-state index in [4.69, 9.17) is 5.73 Å². The number of hydrogen-bond acceptors (Lipinski definition) is 2. The molecule has 0 heterocycles. The Morgan fingerprint density at radius 1 is 1.43 bits per heavy atom. The van der Waals surface area contributed by atoms with Gasteiger partial charge in [-0.3, -0.25) is 0 Å². The maximum Gasteiger partial charge on any atom is 0.151 e. The minimum Gasteiger partial charge on any atom is -0.399 e. The molecule has 2 nitrogen and oxygen atoms in total. The van der Waals surface area contributed by atoms with Gasteiger partial charge >= 0.3 is 0 Å². The normalized spacial score (nSPS) is 12.2. The van der Waals surface area contributed by atoms with Crippen molar-refractivity contribution in [1.82, 2.24) is 0 Å². The molecule has 76 valence electrons. The van der Waals surface area contributed by atoms with Gasteiger partial charge in [-0.05, 0) is 19.1 Å². The first kappa shape index (κ1) is 10.5. The van der Waals surface area contributed by atoms with Crippen molar-refractivity contribution in [2.45, 2.75) is 13.0 Å². The molecule has 1 aromatic carbocycles. The summed E-state index contributed by atoms with van der Waals surface area (Å²) in [5.74, 6) is -1.40. The molecule has 0 aliphatic carbocycles. The van der Waals surface area contributed by atoms with Crippen molar-refractivity contribution in [2.75, 3.05) is 11.1 Å². The molecule has 1 aromatic rings. The Bertz CT molecular complexity index is 327. The molecule has 14 heavy (non-hydrogen) atoms. The van der Waals surface area contributed by atoms with Crippen molar-refractivity contribution in [3.05, 3.63) is 36.4 Å². The lowest BCUT2D eigenvalue weighted by Gasteiger charge is -2.12. The monoisotopic (exact) mass is 198 g/mol. The molecule has 0 aromatic heterocycles. The number of nitrogen functional groups attached to an aromatic ring is 1. The largest absolute Gasteiger partial charge is 0.399 e. The fourth-order valence-corrected chi connectivity index (χ4v) is 1.02. The molecule has 0 spiro atoms. The van der Waals surface area contributed by atoms with Crippen LogP contribution in [-0.2, 0) is 0 Å². The van der Waals surface area contributed by atoms with Crippen LogP contribution in [0.2, 0.25) is 0 Å². The highest BCUT2D eigenvalue weighted by atomic mass is 19.1. The molecule has 0 amide bonds. The molecule has 0 saturated heterocycles. The molecule has 4 heteroatoms. The van der Waals surface area contributed by atoms with Gasteiger partial charge in [0.1, 0.15) is 5.69 Å². The van der Waals surface area contributed by atoms with Crippen LogP contribution in [0.3, 0.4) is 0 Å². The summed E-state index contributed by atoms with van der Waals surface area (Å²) in [6.45, 7) is 5.24. The second-order valence-corrected chi connectivity index (χ2v) is 3.03. The van der Waals surface area contributed by atoms with Gasteiger partial charge in [-0.15, -0.1) is 6.58 Å². The number of nitrogens with one attached hydrogen (secondary N) is 1. The van der Waals surface area contributed by atoms with Crippen LogP contribution >= 0.6 is 0 Å². The van der Waals surface area contributed by atoms with Crippen molar-refractivity contribution >= 4 is 11.4 Å². The van der Waals surface area contributed by atoms with Crippen molar-refractivity contribution in [1.29, 1.82) is 0 Å². The SMILES string of the molecule is C=CC(C)Nc1c(F)cc(N)cc1F. The lowest BCUT2D eigenvalue weighted by atomic mass is 10.2. The van der Waals surface area contributed by atoms with Crippen molar-refractivity contribution < 1.29 is 8.78 Å². The average molecular weight is 198 g/mol. The summed E-state index contributed by atoms with van der Waals surface area (Å²) in [6, 6.07) is 1.94. The van der Waals surface area contributed by atoms with Crippen LogP contribution in [0, 0.1) is 11.6 Å². The second kappa shape index (κ2) is 4.09. The molecule has 0 saturated carbocycles. The predicted octanol–water partition coefficient (Wildman–Crippen LogP) is 2.53. The van der Waals surface area contributed by atoms with Crippen LogP contribution in [0.4, 0.5) is 20.2 Å². The molecule has 1 unspecified atom stereocenters. The van der Waals surface area contributed by atoms with Crippen LogP contribution < -0.4 is 11.1 Å². The molecule has 3 N–H and O–H groups in total. The Morgan fingerprint density at radius 2 is 1.93 bits per heavy atom. The second-order valence-electron chi connectivity index (χ2n) is 3.03. The molecule has 0 aliphatic rings. The number of rotatable bonds is 3.